The zero-order valence-electron chi connectivity index (χ0n) is 18.3. The van der Waals surface area contributed by atoms with E-state index in [0.29, 0.717) is 27.8 Å². The van der Waals surface area contributed by atoms with E-state index >= 15 is 0 Å². The van der Waals surface area contributed by atoms with Crippen LogP contribution in [0.2, 0.25) is 5.02 Å². The van der Waals surface area contributed by atoms with Crippen LogP contribution in [0.5, 0.6) is 17.2 Å². The molecule has 1 aliphatic rings. The predicted octanol–water partition coefficient (Wildman–Crippen LogP) is 3.76. The SMILES string of the molecule is COc1cc(C=C2SC(=O)N(CCNC(=O)Cc3ccc(Cl)cc3)C2=O)cc(OC)c1OC. The minimum absolute atomic E-state index is 0.0730. The monoisotopic (exact) mass is 490 g/mol. The molecule has 3 rings (SSSR count). The normalized spacial score (nSPS) is 14.5. The molecule has 1 aliphatic heterocycles. The number of methoxy groups -OCH3 is 3. The number of hydrogen-bond acceptors (Lipinski definition) is 7. The molecule has 0 aromatic heterocycles. The fraction of sp³-hybridized carbons (Fsp3) is 0.261. The third-order valence-electron chi connectivity index (χ3n) is 4.79. The molecule has 0 saturated carbocycles. The number of carbonyl (C=O) groups excluding carboxylic acids is 3. The van der Waals surface area contributed by atoms with Gasteiger partial charge in [0.25, 0.3) is 11.1 Å². The predicted molar refractivity (Wildman–Crippen MR) is 127 cm³/mol. The number of amides is 3. The summed E-state index contributed by atoms with van der Waals surface area (Å²) in [4.78, 5) is 38.6. The molecule has 0 unspecified atom stereocenters. The van der Waals surface area contributed by atoms with E-state index in [0.717, 1.165) is 22.2 Å². The summed E-state index contributed by atoms with van der Waals surface area (Å²) >= 11 is 6.68. The Labute approximate surface area is 200 Å². The van der Waals surface area contributed by atoms with Crippen molar-refractivity contribution in [2.45, 2.75) is 6.42 Å². The van der Waals surface area contributed by atoms with E-state index in [-0.39, 0.29) is 30.3 Å². The van der Waals surface area contributed by atoms with Crippen molar-refractivity contribution in [3.05, 3.63) is 57.5 Å². The zero-order chi connectivity index (χ0) is 24.0. The molecule has 1 saturated heterocycles. The van der Waals surface area contributed by atoms with Crippen molar-refractivity contribution in [2.75, 3.05) is 34.4 Å². The number of rotatable bonds is 9. The number of nitrogens with zero attached hydrogens (tertiary/aromatic N) is 1. The summed E-state index contributed by atoms with van der Waals surface area (Å²) in [6, 6.07) is 10.3. The second-order valence-corrected chi connectivity index (χ2v) is 8.37. The number of carbonyl (C=O) groups is 3. The van der Waals surface area contributed by atoms with Crippen LogP contribution < -0.4 is 19.5 Å². The first-order valence-corrected chi connectivity index (χ1v) is 11.1. The molecular formula is C23H23ClN2O6S. The van der Waals surface area contributed by atoms with Gasteiger partial charge in [-0.1, -0.05) is 23.7 Å². The third-order valence-corrected chi connectivity index (χ3v) is 5.95. The molecule has 1 N–H and O–H groups in total. The van der Waals surface area contributed by atoms with Gasteiger partial charge in [0, 0.05) is 18.1 Å². The maximum Gasteiger partial charge on any atom is 0.293 e. The maximum atomic E-state index is 12.8. The summed E-state index contributed by atoms with van der Waals surface area (Å²) in [6.45, 7) is 0.228. The second-order valence-electron chi connectivity index (χ2n) is 6.95. The van der Waals surface area contributed by atoms with E-state index in [1.54, 1.807) is 42.5 Å². The largest absolute Gasteiger partial charge is 0.493 e. The van der Waals surface area contributed by atoms with Crippen molar-refractivity contribution >= 4 is 46.5 Å². The summed E-state index contributed by atoms with van der Waals surface area (Å²) in [5, 5.41) is 2.93. The molecule has 0 bridgehead atoms. The van der Waals surface area contributed by atoms with E-state index in [4.69, 9.17) is 25.8 Å². The quantitative estimate of drug-likeness (QED) is 0.535. The van der Waals surface area contributed by atoms with Gasteiger partial charge >= 0.3 is 0 Å². The van der Waals surface area contributed by atoms with Gasteiger partial charge in [0.05, 0.1) is 32.7 Å². The Kier molecular flexibility index (Phi) is 8.24. The number of imide groups is 1. The number of hydrogen-bond donors (Lipinski definition) is 1. The molecule has 0 radical (unpaired) electrons. The number of thioether (sulfide) groups is 1. The molecule has 1 heterocycles. The Bertz CT molecular complexity index is 1060. The highest BCUT2D eigenvalue weighted by Gasteiger charge is 2.34. The molecular weight excluding hydrogens is 468 g/mol. The summed E-state index contributed by atoms with van der Waals surface area (Å²) < 4.78 is 16.0. The van der Waals surface area contributed by atoms with Crippen LogP contribution in [0.1, 0.15) is 11.1 Å². The Morgan fingerprint density at radius 3 is 2.27 bits per heavy atom. The lowest BCUT2D eigenvalue weighted by molar-refractivity contribution is -0.124. The Morgan fingerprint density at radius 1 is 1.06 bits per heavy atom. The molecule has 3 amide bonds. The standard InChI is InChI=1S/C23H23ClN2O6S/c1-30-17-10-15(11-18(31-2)21(17)32-3)12-19-22(28)26(23(29)33-19)9-8-25-20(27)13-14-4-6-16(24)7-5-14/h4-7,10-12H,8-9,13H2,1-3H3,(H,25,27). The second kappa shape index (κ2) is 11.1. The van der Waals surface area contributed by atoms with Gasteiger partial charge in [-0.05, 0) is 53.2 Å². The molecule has 0 spiro atoms. The highest BCUT2D eigenvalue weighted by Crippen LogP contribution is 2.40. The first kappa shape index (κ1) is 24.5. The van der Waals surface area contributed by atoms with Gasteiger partial charge in [0.15, 0.2) is 11.5 Å². The topological polar surface area (TPSA) is 94.2 Å². The van der Waals surface area contributed by atoms with Gasteiger partial charge in [0.1, 0.15) is 0 Å². The highest BCUT2D eigenvalue weighted by molar-refractivity contribution is 8.18. The Morgan fingerprint density at radius 2 is 1.70 bits per heavy atom. The lowest BCUT2D eigenvalue weighted by Gasteiger charge is -2.13. The molecule has 174 valence electrons. The molecule has 0 atom stereocenters. The van der Waals surface area contributed by atoms with Crippen molar-refractivity contribution in [1.29, 1.82) is 0 Å². The van der Waals surface area contributed by atoms with Crippen molar-refractivity contribution in [1.82, 2.24) is 10.2 Å². The van der Waals surface area contributed by atoms with Gasteiger partial charge in [-0.2, -0.15) is 0 Å². The van der Waals surface area contributed by atoms with E-state index in [1.165, 1.54) is 21.3 Å². The van der Waals surface area contributed by atoms with Gasteiger partial charge in [0.2, 0.25) is 11.7 Å². The summed E-state index contributed by atoms with van der Waals surface area (Å²) in [5.41, 5.74) is 1.43. The Balaban J connectivity index is 1.63. The van der Waals surface area contributed by atoms with Crippen LogP contribution in [0.4, 0.5) is 4.79 Å². The van der Waals surface area contributed by atoms with Crippen LogP contribution in [0, 0.1) is 0 Å². The molecule has 2 aromatic carbocycles. The van der Waals surface area contributed by atoms with Gasteiger partial charge in [-0.15, -0.1) is 0 Å². The first-order chi connectivity index (χ1) is 15.9. The maximum absolute atomic E-state index is 12.8. The van der Waals surface area contributed by atoms with Crippen LogP contribution in [-0.2, 0) is 16.0 Å². The molecule has 1 fully saturated rings. The smallest absolute Gasteiger partial charge is 0.293 e. The fourth-order valence-corrected chi connectivity index (χ4v) is 4.18. The van der Waals surface area contributed by atoms with E-state index in [2.05, 4.69) is 5.32 Å². The van der Waals surface area contributed by atoms with Crippen LogP contribution >= 0.6 is 23.4 Å². The average Bonchev–Trinajstić information content (AvgIpc) is 3.07. The minimum Gasteiger partial charge on any atom is -0.493 e. The van der Waals surface area contributed by atoms with Crippen LogP contribution in [-0.4, -0.2) is 56.4 Å². The van der Waals surface area contributed by atoms with Crippen LogP contribution in [0.3, 0.4) is 0 Å². The summed E-state index contributed by atoms with van der Waals surface area (Å²) in [7, 11) is 4.49. The molecule has 8 nitrogen and oxygen atoms in total. The van der Waals surface area contributed by atoms with Crippen molar-refractivity contribution in [2.24, 2.45) is 0 Å². The van der Waals surface area contributed by atoms with E-state index in [1.807, 2.05) is 0 Å². The lowest BCUT2D eigenvalue weighted by Crippen LogP contribution is -2.37. The molecule has 33 heavy (non-hydrogen) atoms. The molecule has 10 heteroatoms. The van der Waals surface area contributed by atoms with Gasteiger partial charge < -0.3 is 19.5 Å². The van der Waals surface area contributed by atoms with Crippen molar-refractivity contribution in [3.8, 4) is 17.2 Å². The minimum atomic E-state index is -0.425. The number of ether oxygens (including phenoxy) is 3. The summed E-state index contributed by atoms with van der Waals surface area (Å²) in [6.07, 6.45) is 1.77. The number of nitrogens with one attached hydrogen (secondary N) is 1. The van der Waals surface area contributed by atoms with E-state index < -0.39 is 11.1 Å². The first-order valence-electron chi connectivity index (χ1n) is 9.92. The van der Waals surface area contributed by atoms with Gasteiger partial charge in [-0.25, -0.2) is 0 Å². The lowest BCUT2D eigenvalue weighted by atomic mass is 10.1. The molecule has 0 aliphatic carbocycles. The van der Waals surface area contributed by atoms with Gasteiger partial charge in [-0.3, -0.25) is 19.3 Å². The third kappa shape index (κ3) is 6.00. The van der Waals surface area contributed by atoms with Crippen molar-refractivity contribution in [3.63, 3.8) is 0 Å². The number of benzene rings is 2. The van der Waals surface area contributed by atoms with Crippen LogP contribution in [0.15, 0.2) is 41.3 Å². The molecule has 2 aromatic rings. The van der Waals surface area contributed by atoms with Crippen molar-refractivity contribution < 1.29 is 28.6 Å². The fourth-order valence-electron chi connectivity index (χ4n) is 3.19. The Hall–Kier alpha value is -3.17. The summed E-state index contributed by atoms with van der Waals surface area (Å²) in [5.74, 6) is 0.666. The number of halogens is 1. The van der Waals surface area contributed by atoms with Crippen LogP contribution in [0.25, 0.3) is 6.08 Å². The zero-order valence-corrected chi connectivity index (χ0v) is 19.9. The average molecular weight is 491 g/mol. The highest BCUT2D eigenvalue weighted by atomic mass is 35.5. The van der Waals surface area contributed by atoms with E-state index in [9.17, 15) is 14.4 Å².